The Morgan fingerprint density at radius 1 is 1.22 bits per heavy atom. The van der Waals surface area contributed by atoms with Gasteiger partial charge in [-0.15, -0.1) is 0 Å². The molecule has 41 heavy (non-hydrogen) atoms. The highest BCUT2D eigenvalue weighted by Gasteiger charge is 2.57. The summed E-state index contributed by atoms with van der Waals surface area (Å²) in [5, 5.41) is 7.00. The van der Waals surface area contributed by atoms with Gasteiger partial charge in [-0.05, 0) is 56.1 Å². The van der Waals surface area contributed by atoms with Crippen LogP contribution in [0.3, 0.4) is 0 Å². The molecule has 1 aliphatic heterocycles. The fraction of sp³-hybridized carbons (Fsp3) is 0.667. The first-order valence-corrected chi connectivity index (χ1v) is 14.5. The van der Waals surface area contributed by atoms with Gasteiger partial charge in [0.15, 0.2) is 11.5 Å². The van der Waals surface area contributed by atoms with E-state index >= 15 is 0 Å². The molecule has 4 N–H and O–H groups in total. The SMILES string of the molecule is CC[C@@H]1CCN(C(=O)CN)[C@@H]1C(C)=O.CO.COc1ccc2nc(C(F)(F)C3CC3CCCC3CC3)c(=O)[nH]c2c1.[HH]. The van der Waals surface area contributed by atoms with Gasteiger partial charge < -0.3 is 25.5 Å². The van der Waals surface area contributed by atoms with Crippen molar-refractivity contribution in [2.24, 2.45) is 29.4 Å². The number of alkyl halides is 2. The maximum atomic E-state index is 14.8. The number of methoxy groups -OCH3 is 1. The zero-order valence-corrected chi connectivity index (χ0v) is 24.5. The maximum Gasteiger partial charge on any atom is 0.298 e. The van der Waals surface area contributed by atoms with Gasteiger partial charge in [0.25, 0.3) is 11.5 Å². The van der Waals surface area contributed by atoms with Crippen LogP contribution in [0.4, 0.5) is 8.78 Å². The van der Waals surface area contributed by atoms with Gasteiger partial charge in [-0.25, -0.2) is 4.98 Å². The molecule has 4 atom stereocenters. The molecule has 1 aromatic heterocycles. The molecule has 230 valence electrons. The number of ketones is 1. The number of rotatable bonds is 10. The van der Waals surface area contributed by atoms with Gasteiger partial charge >= 0.3 is 0 Å². The minimum absolute atomic E-state index is 0. The zero-order chi connectivity index (χ0) is 30.3. The minimum Gasteiger partial charge on any atom is -0.497 e. The maximum absolute atomic E-state index is 14.8. The van der Waals surface area contributed by atoms with Crippen molar-refractivity contribution >= 4 is 22.7 Å². The summed E-state index contributed by atoms with van der Waals surface area (Å²) in [6.07, 6.45) is 7.95. The highest BCUT2D eigenvalue weighted by molar-refractivity contribution is 5.89. The number of likely N-dealkylation sites (tertiary alicyclic amines) is 1. The Bertz CT molecular complexity index is 1260. The third kappa shape index (κ3) is 7.88. The number of fused-ring (bicyclic) bond motifs is 1. The fourth-order valence-electron chi connectivity index (χ4n) is 5.91. The van der Waals surface area contributed by atoms with Crippen LogP contribution in [0.25, 0.3) is 11.0 Å². The van der Waals surface area contributed by atoms with Crippen molar-refractivity contribution in [2.75, 3.05) is 27.3 Å². The Balaban J connectivity index is 0.000000311. The molecule has 2 heterocycles. The normalized spacial score (nSPS) is 23.3. The molecular formula is C30H46F2N4O5. The summed E-state index contributed by atoms with van der Waals surface area (Å²) in [6, 6.07) is 4.59. The van der Waals surface area contributed by atoms with E-state index in [1.54, 1.807) is 30.0 Å². The first kappa shape index (κ1) is 32.6. The highest BCUT2D eigenvalue weighted by atomic mass is 19.3. The van der Waals surface area contributed by atoms with Crippen LogP contribution in [0, 0.1) is 23.7 Å². The summed E-state index contributed by atoms with van der Waals surface area (Å²) in [5.41, 5.74) is 4.59. The molecule has 3 aliphatic rings. The Hall–Kier alpha value is -2.92. The van der Waals surface area contributed by atoms with Crippen molar-refractivity contribution in [3.63, 3.8) is 0 Å². The van der Waals surface area contributed by atoms with E-state index in [1.807, 2.05) is 0 Å². The largest absolute Gasteiger partial charge is 0.497 e. The molecule has 2 aromatic rings. The Morgan fingerprint density at radius 3 is 2.51 bits per heavy atom. The number of hydrogen-bond acceptors (Lipinski definition) is 7. The molecule has 0 spiro atoms. The van der Waals surface area contributed by atoms with Crippen LogP contribution >= 0.6 is 0 Å². The number of hydrogen-bond donors (Lipinski definition) is 3. The molecule has 2 unspecified atom stereocenters. The van der Waals surface area contributed by atoms with Crippen molar-refractivity contribution in [1.82, 2.24) is 14.9 Å². The summed E-state index contributed by atoms with van der Waals surface area (Å²) in [7, 11) is 2.51. The van der Waals surface area contributed by atoms with Crippen LogP contribution in [-0.2, 0) is 15.5 Å². The molecular weight excluding hydrogens is 534 g/mol. The van der Waals surface area contributed by atoms with Gasteiger partial charge in [-0.3, -0.25) is 14.4 Å². The lowest BCUT2D eigenvalue weighted by Crippen LogP contribution is -2.44. The molecule has 1 saturated heterocycles. The van der Waals surface area contributed by atoms with Gasteiger partial charge in [0.2, 0.25) is 5.91 Å². The van der Waals surface area contributed by atoms with Crippen molar-refractivity contribution in [3.05, 3.63) is 34.2 Å². The average Bonchev–Trinajstić information content (AvgIpc) is 3.90. The van der Waals surface area contributed by atoms with Gasteiger partial charge in [0.1, 0.15) is 5.75 Å². The van der Waals surface area contributed by atoms with Crippen molar-refractivity contribution < 1.29 is 29.6 Å². The number of nitrogens with two attached hydrogens (primary N) is 1. The average molecular weight is 581 g/mol. The monoisotopic (exact) mass is 580 g/mol. The number of carbonyl (C=O) groups is 2. The topological polar surface area (TPSA) is 139 Å². The molecule has 5 rings (SSSR count). The smallest absolute Gasteiger partial charge is 0.298 e. The number of aliphatic hydroxyl groups is 1. The lowest BCUT2D eigenvalue weighted by Gasteiger charge is -2.25. The van der Waals surface area contributed by atoms with Crippen LogP contribution in [0.1, 0.15) is 72.3 Å². The summed E-state index contributed by atoms with van der Waals surface area (Å²) >= 11 is 0. The summed E-state index contributed by atoms with van der Waals surface area (Å²) < 4.78 is 34.7. The molecule has 0 radical (unpaired) electrons. The van der Waals surface area contributed by atoms with Crippen molar-refractivity contribution in [2.45, 2.75) is 77.2 Å². The number of benzene rings is 1. The van der Waals surface area contributed by atoms with E-state index in [-0.39, 0.29) is 31.6 Å². The second kappa shape index (κ2) is 14.3. The molecule has 0 bridgehead atoms. The number of halogens is 2. The van der Waals surface area contributed by atoms with Crippen LogP contribution in [0.2, 0.25) is 0 Å². The number of H-pyrrole nitrogens is 1. The Morgan fingerprint density at radius 2 is 1.93 bits per heavy atom. The second-order valence-electron chi connectivity index (χ2n) is 11.2. The predicted molar refractivity (Wildman–Crippen MR) is 155 cm³/mol. The molecule has 11 heteroatoms. The molecule has 1 aromatic carbocycles. The molecule has 2 aliphatic carbocycles. The van der Waals surface area contributed by atoms with Gasteiger partial charge in [-0.1, -0.05) is 39.0 Å². The summed E-state index contributed by atoms with van der Waals surface area (Å²) in [4.78, 5) is 43.2. The zero-order valence-electron chi connectivity index (χ0n) is 24.5. The number of aromatic amines is 1. The number of carbonyl (C=O) groups excluding carboxylic acids is 2. The minimum atomic E-state index is -3.17. The first-order valence-electron chi connectivity index (χ1n) is 14.5. The highest BCUT2D eigenvalue weighted by Crippen LogP contribution is 2.55. The lowest BCUT2D eigenvalue weighted by molar-refractivity contribution is -0.136. The third-order valence-corrected chi connectivity index (χ3v) is 8.45. The quantitative estimate of drug-likeness (QED) is 0.382. The fourth-order valence-corrected chi connectivity index (χ4v) is 5.91. The number of nitrogens with zero attached hydrogens (tertiary/aromatic N) is 2. The lowest BCUT2D eigenvalue weighted by atomic mass is 9.95. The molecule has 1 amide bonds. The third-order valence-electron chi connectivity index (χ3n) is 8.45. The van der Waals surface area contributed by atoms with Crippen molar-refractivity contribution in [3.8, 4) is 5.75 Å². The molecule has 3 fully saturated rings. The van der Waals surface area contributed by atoms with Crippen LogP contribution < -0.4 is 16.0 Å². The van der Waals surface area contributed by atoms with Crippen LogP contribution in [-0.4, -0.2) is 65.0 Å². The van der Waals surface area contributed by atoms with E-state index in [2.05, 4.69) is 16.9 Å². The molecule has 9 nitrogen and oxygen atoms in total. The number of Topliss-reactive ketones (excluding diaryl/α,β-unsaturated/α-hetero) is 1. The van der Waals surface area contributed by atoms with Crippen molar-refractivity contribution in [1.29, 1.82) is 0 Å². The second-order valence-corrected chi connectivity index (χ2v) is 11.2. The summed E-state index contributed by atoms with van der Waals surface area (Å²) in [5.74, 6) is -2.24. The van der Waals surface area contributed by atoms with Crippen LogP contribution in [0.5, 0.6) is 5.75 Å². The number of nitrogens with one attached hydrogen (secondary N) is 1. The van der Waals surface area contributed by atoms with E-state index in [1.165, 1.54) is 20.0 Å². The number of aliphatic hydroxyl groups excluding tert-OH is 1. The predicted octanol–water partition coefficient (Wildman–Crippen LogP) is 4.26. The van der Waals surface area contributed by atoms with Gasteiger partial charge in [0.05, 0.1) is 30.7 Å². The summed E-state index contributed by atoms with van der Waals surface area (Å²) in [6.45, 7) is 4.28. The molecule has 2 saturated carbocycles. The van der Waals surface area contributed by atoms with E-state index in [0.717, 1.165) is 45.1 Å². The number of amides is 1. The van der Waals surface area contributed by atoms with E-state index in [9.17, 15) is 23.2 Å². The van der Waals surface area contributed by atoms with Crippen LogP contribution in [0.15, 0.2) is 23.0 Å². The Kier molecular flexibility index (Phi) is 11.4. The Labute approximate surface area is 241 Å². The first-order chi connectivity index (χ1) is 19.6. The van der Waals surface area contributed by atoms with E-state index in [4.69, 9.17) is 15.6 Å². The van der Waals surface area contributed by atoms with E-state index < -0.39 is 23.1 Å². The van der Waals surface area contributed by atoms with Gasteiger partial charge in [0, 0.05) is 27.1 Å². The van der Waals surface area contributed by atoms with Gasteiger partial charge in [-0.2, -0.15) is 8.78 Å². The number of aromatic nitrogens is 2. The number of ether oxygens (including phenoxy) is 1. The van der Waals surface area contributed by atoms with E-state index in [0.29, 0.717) is 35.7 Å². The standard InChI is InChI=1S/C19H22F2N2O2.C10H18N2O2.CH4O.H2/c1-25-13-7-8-15-16(10-13)23-18(24)17(22-15)19(20,21)14-9-12(14)4-2-3-11-5-6-11;1-3-8-4-5-12(9(14)6-11)10(8)7(2)13;1-2;/h7-8,10-12,14H,2-6,9H2,1H3,(H,23,24);8,10H,3-6,11H2,1-2H3;2H,1H3;1H/t;8-,10-;;/m.1../s1.